The van der Waals surface area contributed by atoms with Gasteiger partial charge < -0.3 is 19.6 Å². The maximum Gasteiger partial charge on any atom is 0.206 e. The lowest BCUT2D eigenvalue weighted by atomic mass is 9.91. The highest BCUT2D eigenvalue weighted by Gasteiger charge is 2.11. The molecule has 0 atom stereocenters. The van der Waals surface area contributed by atoms with Crippen LogP contribution in [0.25, 0.3) is 0 Å². The molecule has 160 valence electrons. The Bertz CT molecular complexity index is 440. The lowest BCUT2D eigenvalue weighted by Gasteiger charge is -2.14. The van der Waals surface area contributed by atoms with Crippen molar-refractivity contribution in [1.29, 1.82) is 0 Å². The maximum absolute atomic E-state index is 10.5. The number of carbonyl (C=O) groups is 2. The van der Waals surface area contributed by atoms with Gasteiger partial charge in [0.05, 0.1) is 13.7 Å². The van der Waals surface area contributed by atoms with E-state index >= 15 is 0 Å². The third-order valence-electron chi connectivity index (χ3n) is 2.34. The molecule has 1 aromatic rings. The zero-order valence-corrected chi connectivity index (χ0v) is 19.4. The molecule has 0 saturated carbocycles. The Morgan fingerprint density at radius 2 is 1.59 bits per heavy atom. The number of rotatable bonds is 5. The minimum atomic E-state index is 0.172. The van der Waals surface area contributed by atoms with E-state index in [1.165, 1.54) is 0 Å². The summed E-state index contributed by atoms with van der Waals surface area (Å²) in [5.74, 6) is 1.15. The number of ketones is 1. The molecule has 5 nitrogen and oxygen atoms in total. The topological polar surface area (TPSA) is 64.6 Å². The van der Waals surface area contributed by atoms with Gasteiger partial charge in [0, 0.05) is 20.6 Å². The summed E-state index contributed by atoms with van der Waals surface area (Å²) in [5.41, 5.74) is 1.30. The molecule has 0 aliphatic carbocycles. The number of hydrogen-bond acceptors (Lipinski definition) is 4. The van der Waals surface area contributed by atoms with Crippen LogP contribution in [0.1, 0.15) is 67.4 Å². The molecule has 0 bridgehead atoms. The highest BCUT2D eigenvalue weighted by atomic mass is 16.5. The molecule has 0 unspecified atom stereocenters. The minimum Gasteiger partial charge on any atom is -0.497 e. The summed E-state index contributed by atoms with van der Waals surface area (Å²) in [4.78, 5) is 19.5. The number of benzene rings is 1. The molecule has 1 aromatic carbocycles. The monoisotopic (exact) mass is 385 g/mol. The SMILES string of the molecule is CC.CC.CC(=O)CC(C)(C)C.CNC=O.COCc1cccc(OC)c1. The molecule has 0 radical (unpaired) electrons. The Hall–Kier alpha value is -1.88. The van der Waals surface area contributed by atoms with E-state index in [-0.39, 0.29) is 11.2 Å². The smallest absolute Gasteiger partial charge is 0.206 e. The Kier molecular flexibility index (Phi) is 29.3. The summed E-state index contributed by atoms with van der Waals surface area (Å²) >= 11 is 0. The van der Waals surface area contributed by atoms with Gasteiger partial charge in [-0.15, -0.1) is 0 Å². The average Bonchev–Trinajstić information content (AvgIpc) is 2.64. The highest BCUT2D eigenvalue weighted by Crippen LogP contribution is 2.17. The van der Waals surface area contributed by atoms with Crippen LogP contribution in [0.4, 0.5) is 0 Å². The molecule has 0 aliphatic heterocycles. The summed E-state index contributed by atoms with van der Waals surface area (Å²) in [6.45, 7) is 16.5. The Labute approximate surface area is 167 Å². The molecular weight excluding hydrogens is 342 g/mol. The molecule has 0 saturated heterocycles. The van der Waals surface area contributed by atoms with E-state index in [0.717, 1.165) is 11.3 Å². The molecule has 0 heterocycles. The number of nitrogens with one attached hydrogen (secondary N) is 1. The van der Waals surface area contributed by atoms with Crippen molar-refractivity contribution in [3.8, 4) is 5.75 Å². The fourth-order valence-electron chi connectivity index (χ4n) is 1.68. The average molecular weight is 386 g/mol. The molecule has 0 aliphatic rings. The summed E-state index contributed by atoms with van der Waals surface area (Å²) < 4.78 is 10.0. The Balaban J connectivity index is -0.000000146. The first kappa shape index (κ1) is 32.8. The third-order valence-corrected chi connectivity index (χ3v) is 2.34. The van der Waals surface area contributed by atoms with Crippen molar-refractivity contribution in [3.63, 3.8) is 0 Å². The van der Waals surface area contributed by atoms with Crippen LogP contribution in [-0.4, -0.2) is 33.5 Å². The van der Waals surface area contributed by atoms with E-state index < -0.39 is 0 Å². The Morgan fingerprint density at radius 1 is 1.11 bits per heavy atom. The number of methoxy groups -OCH3 is 2. The van der Waals surface area contributed by atoms with E-state index in [0.29, 0.717) is 19.4 Å². The summed E-state index contributed by atoms with van der Waals surface area (Å²) in [6.07, 6.45) is 1.31. The first-order valence-electron chi connectivity index (χ1n) is 9.42. The van der Waals surface area contributed by atoms with Gasteiger partial charge in [-0.1, -0.05) is 60.6 Å². The van der Waals surface area contributed by atoms with E-state index in [4.69, 9.17) is 14.3 Å². The van der Waals surface area contributed by atoms with E-state index in [1.807, 2.05) is 52.0 Å². The van der Waals surface area contributed by atoms with Crippen molar-refractivity contribution in [3.05, 3.63) is 29.8 Å². The van der Waals surface area contributed by atoms with Gasteiger partial charge in [0.25, 0.3) is 0 Å². The summed E-state index contributed by atoms with van der Waals surface area (Å²) in [6, 6.07) is 7.84. The lowest BCUT2D eigenvalue weighted by Crippen LogP contribution is -2.09. The summed E-state index contributed by atoms with van der Waals surface area (Å²) in [7, 11) is 4.90. The van der Waals surface area contributed by atoms with E-state index in [1.54, 1.807) is 28.2 Å². The number of amides is 1. The molecule has 27 heavy (non-hydrogen) atoms. The van der Waals surface area contributed by atoms with Gasteiger partial charge in [-0.2, -0.15) is 0 Å². The molecular formula is C22H43NO4. The number of ether oxygens (including phenoxy) is 2. The number of hydrogen-bond donors (Lipinski definition) is 1. The van der Waals surface area contributed by atoms with Crippen molar-refractivity contribution >= 4 is 12.2 Å². The second-order valence-electron chi connectivity index (χ2n) is 6.13. The van der Waals surface area contributed by atoms with E-state index in [9.17, 15) is 4.79 Å². The molecule has 5 heteroatoms. The first-order valence-corrected chi connectivity index (χ1v) is 9.42. The predicted octanol–water partition coefficient (Wildman–Crippen LogP) is 5.27. The zero-order valence-electron chi connectivity index (χ0n) is 19.4. The fraction of sp³-hybridized carbons (Fsp3) is 0.636. The van der Waals surface area contributed by atoms with Crippen molar-refractivity contribution in [1.82, 2.24) is 5.32 Å². The number of carbonyl (C=O) groups excluding carboxylic acids is 2. The molecule has 1 amide bonds. The van der Waals surface area contributed by atoms with Crippen LogP contribution in [0.15, 0.2) is 24.3 Å². The van der Waals surface area contributed by atoms with Crippen molar-refractivity contribution in [2.75, 3.05) is 21.3 Å². The van der Waals surface area contributed by atoms with E-state index in [2.05, 4.69) is 26.1 Å². The van der Waals surface area contributed by atoms with Gasteiger partial charge in [-0.3, -0.25) is 4.79 Å². The van der Waals surface area contributed by atoms with Crippen molar-refractivity contribution in [2.45, 2.75) is 68.4 Å². The van der Waals surface area contributed by atoms with Gasteiger partial charge in [-0.05, 0) is 30.0 Å². The standard InChI is InChI=1S/C9H12O2.C7H14O.C2H5NO.2C2H6/c1-10-7-8-4-3-5-9(6-8)11-2;1-6(8)5-7(2,3)4;1-3-2-4;2*1-2/h3-6H,7H2,1-2H3;5H2,1-4H3;2H,1H3,(H,3,4);2*1-2H3. The maximum atomic E-state index is 10.5. The lowest BCUT2D eigenvalue weighted by molar-refractivity contribution is -0.118. The summed E-state index contributed by atoms with van der Waals surface area (Å²) in [5, 5.41) is 2.25. The van der Waals surface area contributed by atoms with Crippen LogP contribution >= 0.6 is 0 Å². The largest absolute Gasteiger partial charge is 0.497 e. The minimum absolute atomic E-state index is 0.172. The Morgan fingerprint density at radius 3 is 1.85 bits per heavy atom. The van der Waals surface area contributed by atoms with Crippen molar-refractivity contribution < 1.29 is 19.1 Å². The first-order chi connectivity index (χ1) is 12.7. The molecule has 1 rings (SSSR count). The fourth-order valence-corrected chi connectivity index (χ4v) is 1.68. The van der Waals surface area contributed by atoms with Crippen LogP contribution in [0.2, 0.25) is 0 Å². The van der Waals surface area contributed by atoms with Crippen molar-refractivity contribution in [2.24, 2.45) is 5.41 Å². The van der Waals surface area contributed by atoms with Gasteiger partial charge >= 0.3 is 0 Å². The molecule has 0 fully saturated rings. The normalized spacial score (nSPS) is 8.56. The quantitative estimate of drug-likeness (QED) is 0.701. The highest BCUT2D eigenvalue weighted by molar-refractivity contribution is 5.76. The van der Waals surface area contributed by atoms with Crippen LogP contribution in [-0.2, 0) is 20.9 Å². The van der Waals surface area contributed by atoms with Gasteiger partial charge in [-0.25, -0.2) is 0 Å². The molecule has 1 N–H and O–H groups in total. The zero-order chi connectivity index (χ0) is 22.3. The van der Waals surface area contributed by atoms with Crippen LogP contribution in [0, 0.1) is 5.41 Å². The second kappa shape index (κ2) is 24.1. The van der Waals surface area contributed by atoms with Gasteiger partial charge in [0.2, 0.25) is 6.41 Å². The van der Waals surface area contributed by atoms with Crippen LogP contribution < -0.4 is 10.1 Å². The predicted molar refractivity (Wildman–Crippen MR) is 116 cm³/mol. The van der Waals surface area contributed by atoms with Crippen LogP contribution in [0.5, 0.6) is 5.75 Å². The second-order valence-corrected chi connectivity index (χ2v) is 6.13. The molecule has 0 aromatic heterocycles. The third kappa shape index (κ3) is 32.3. The molecule has 0 spiro atoms. The van der Waals surface area contributed by atoms with Crippen LogP contribution in [0.3, 0.4) is 0 Å². The van der Waals surface area contributed by atoms with Gasteiger partial charge in [0.15, 0.2) is 0 Å². The number of Topliss-reactive ketones (excluding diaryl/α,β-unsaturated/α-hetero) is 1. The van der Waals surface area contributed by atoms with Gasteiger partial charge in [0.1, 0.15) is 11.5 Å².